The lowest BCUT2D eigenvalue weighted by molar-refractivity contribution is -0.123. The number of hydrogen-bond donors (Lipinski definition) is 2. The number of rotatable bonds is 6. The monoisotopic (exact) mass is 172 g/mol. The third-order valence-electron chi connectivity index (χ3n) is 1.52. The first kappa shape index (κ1) is 11.1. The molecule has 0 saturated carbocycles. The molecule has 0 aromatic carbocycles. The highest BCUT2D eigenvalue weighted by Crippen LogP contribution is 1.86. The number of aldehydes is 1. The summed E-state index contributed by atoms with van der Waals surface area (Å²) >= 11 is 0. The van der Waals surface area contributed by atoms with Crippen molar-refractivity contribution < 1.29 is 9.59 Å². The smallest absolute Gasteiger partial charge is 0.237 e. The van der Waals surface area contributed by atoms with Crippen LogP contribution in [0.1, 0.15) is 26.2 Å². The van der Waals surface area contributed by atoms with Gasteiger partial charge in [0.05, 0.1) is 6.04 Å². The molecule has 0 saturated heterocycles. The maximum Gasteiger partial charge on any atom is 0.237 e. The third-order valence-corrected chi connectivity index (χ3v) is 1.52. The first-order valence-corrected chi connectivity index (χ1v) is 4.19. The fourth-order valence-corrected chi connectivity index (χ4v) is 0.730. The second-order valence-electron chi connectivity index (χ2n) is 2.65. The van der Waals surface area contributed by atoms with E-state index in [2.05, 4.69) is 5.32 Å². The minimum atomic E-state index is -0.681. The molecule has 4 heteroatoms. The van der Waals surface area contributed by atoms with Gasteiger partial charge in [-0.1, -0.05) is 13.3 Å². The fraction of sp³-hybridized carbons (Fsp3) is 0.750. The molecule has 0 aromatic heterocycles. The number of unbranched alkanes of at least 4 members (excludes halogenated alkanes) is 1. The number of amides is 1. The maximum atomic E-state index is 11.0. The molecule has 3 N–H and O–H groups in total. The minimum absolute atomic E-state index is 0.0952. The molecule has 0 spiro atoms. The number of nitrogens with two attached hydrogens (primary N) is 1. The van der Waals surface area contributed by atoms with Crippen molar-refractivity contribution in [3.8, 4) is 0 Å². The number of carbonyl (C=O) groups excluding carboxylic acids is 2. The molecular formula is C8H16N2O2. The van der Waals surface area contributed by atoms with E-state index in [1.54, 1.807) is 0 Å². The Morgan fingerprint density at radius 2 is 2.33 bits per heavy atom. The van der Waals surface area contributed by atoms with Crippen molar-refractivity contribution in [3.05, 3.63) is 0 Å². The summed E-state index contributed by atoms with van der Waals surface area (Å²) in [6, 6.07) is -0.681. The summed E-state index contributed by atoms with van der Waals surface area (Å²) in [7, 11) is 0. The van der Waals surface area contributed by atoms with Crippen LogP contribution in [0.5, 0.6) is 0 Å². The van der Waals surface area contributed by atoms with E-state index in [9.17, 15) is 9.59 Å². The Kier molecular flexibility index (Phi) is 6.28. The Bertz CT molecular complexity index is 148. The van der Waals surface area contributed by atoms with Crippen LogP contribution in [0.3, 0.4) is 0 Å². The van der Waals surface area contributed by atoms with Crippen molar-refractivity contribution in [3.63, 3.8) is 0 Å². The van der Waals surface area contributed by atoms with Gasteiger partial charge in [0, 0.05) is 13.0 Å². The molecule has 4 nitrogen and oxygen atoms in total. The van der Waals surface area contributed by atoms with Gasteiger partial charge < -0.3 is 15.8 Å². The first-order valence-electron chi connectivity index (χ1n) is 4.19. The zero-order valence-corrected chi connectivity index (χ0v) is 7.38. The van der Waals surface area contributed by atoms with Crippen LogP contribution in [0.4, 0.5) is 0 Å². The van der Waals surface area contributed by atoms with Gasteiger partial charge in [0.1, 0.15) is 6.29 Å². The molecule has 1 unspecified atom stereocenters. The minimum Gasteiger partial charge on any atom is -0.355 e. The lowest BCUT2D eigenvalue weighted by Crippen LogP contribution is -2.41. The van der Waals surface area contributed by atoms with E-state index >= 15 is 0 Å². The average molecular weight is 172 g/mol. The summed E-state index contributed by atoms with van der Waals surface area (Å²) in [5.41, 5.74) is 5.37. The van der Waals surface area contributed by atoms with Gasteiger partial charge in [-0.15, -0.1) is 0 Å². The second kappa shape index (κ2) is 6.79. The molecule has 1 atom stereocenters. The molecule has 0 aliphatic carbocycles. The summed E-state index contributed by atoms with van der Waals surface area (Å²) in [6.07, 6.45) is 2.73. The molecule has 12 heavy (non-hydrogen) atoms. The summed E-state index contributed by atoms with van der Waals surface area (Å²) in [5.74, 6) is -0.240. The lowest BCUT2D eigenvalue weighted by atomic mass is 10.2. The van der Waals surface area contributed by atoms with Gasteiger partial charge in [0.15, 0.2) is 0 Å². The molecule has 0 aliphatic rings. The second-order valence-corrected chi connectivity index (χ2v) is 2.65. The molecule has 0 fully saturated rings. The van der Waals surface area contributed by atoms with Crippen molar-refractivity contribution >= 4 is 12.2 Å². The van der Waals surface area contributed by atoms with E-state index in [0.717, 1.165) is 12.8 Å². The standard InChI is InChI=1S/C8H16N2O2/c1-2-3-5-10-8(12)7(9)4-6-11/h6-7H,2-5,9H2,1H3,(H,10,12). The van der Waals surface area contributed by atoms with Gasteiger partial charge >= 0.3 is 0 Å². The quantitative estimate of drug-likeness (QED) is 0.431. The van der Waals surface area contributed by atoms with Crippen molar-refractivity contribution in [1.82, 2.24) is 5.32 Å². The molecular weight excluding hydrogens is 156 g/mol. The van der Waals surface area contributed by atoms with Gasteiger partial charge in [-0.05, 0) is 6.42 Å². The van der Waals surface area contributed by atoms with Crippen LogP contribution in [0.15, 0.2) is 0 Å². The Morgan fingerprint density at radius 3 is 2.83 bits per heavy atom. The van der Waals surface area contributed by atoms with Gasteiger partial charge in [-0.25, -0.2) is 0 Å². The largest absolute Gasteiger partial charge is 0.355 e. The molecule has 1 amide bonds. The molecule has 0 bridgehead atoms. The van der Waals surface area contributed by atoms with E-state index in [4.69, 9.17) is 5.73 Å². The first-order chi connectivity index (χ1) is 5.72. The van der Waals surface area contributed by atoms with E-state index in [1.165, 1.54) is 0 Å². The highest BCUT2D eigenvalue weighted by atomic mass is 16.2. The number of nitrogens with one attached hydrogen (secondary N) is 1. The van der Waals surface area contributed by atoms with Crippen LogP contribution in [0.25, 0.3) is 0 Å². The lowest BCUT2D eigenvalue weighted by Gasteiger charge is -2.08. The van der Waals surface area contributed by atoms with Crippen molar-refractivity contribution in [2.45, 2.75) is 32.2 Å². The Morgan fingerprint density at radius 1 is 1.67 bits per heavy atom. The van der Waals surface area contributed by atoms with Crippen LogP contribution in [-0.2, 0) is 9.59 Å². The van der Waals surface area contributed by atoms with Crippen molar-refractivity contribution in [2.24, 2.45) is 5.73 Å². The maximum absolute atomic E-state index is 11.0. The predicted octanol–water partition coefficient (Wildman–Crippen LogP) is -0.181. The van der Waals surface area contributed by atoms with Gasteiger partial charge in [0.2, 0.25) is 5.91 Å². The zero-order valence-electron chi connectivity index (χ0n) is 7.38. The highest BCUT2D eigenvalue weighted by Gasteiger charge is 2.10. The zero-order chi connectivity index (χ0) is 9.40. The van der Waals surface area contributed by atoms with Crippen LogP contribution in [0, 0.1) is 0 Å². The normalized spacial score (nSPS) is 12.2. The predicted molar refractivity (Wildman–Crippen MR) is 46.6 cm³/mol. The summed E-state index contributed by atoms with van der Waals surface area (Å²) in [6.45, 7) is 2.68. The summed E-state index contributed by atoms with van der Waals surface area (Å²) < 4.78 is 0. The summed E-state index contributed by atoms with van der Waals surface area (Å²) in [5, 5.41) is 2.65. The van der Waals surface area contributed by atoms with E-state index < -0.39 is 6.04 Å². The van der Waals surface area contributed by atoms with Gasteiger partial charge in [0.25, 0.3) is 0 Å². The van der Waals surface area contributed by atoms with Crippen molar-refractivity contribution in [1.29, 1.82) is 0 Å². The van der Waals surface area contributed by atoms with Gasteiger partial charge in [-0.2, -0.15) is 0 Å². The Balaban J connectivity index is 3.49. The molecule has 0 aliphatic heterocycles. The SMILES string of the molecule is CCCCNC(=O)C(N)CC=O. The van der Waals surface area contributed by atoms with Gasteiger partial charge in [-0.3, -0.25) is 4.79 Å². The molecule has 0 heterocycles. The molecule has 0 aromatic rings. The number of hydrogen-bond acceptors (Lipinski definition) is 3. The Labute approximate surface area is 72.5 Å². The van der Waals surface area contributed by atoms with Crippen molar-refractivity contribution in [2.75, 3.05) is 6.54 Å². The average Bonchev–Trinajstić information content (AvgIpc) is 2.05. The van der Waals surface area contributed by atoms with E-state index in [-0.39, 0.29) is 12.3 Å². The third kappa shape index (κ3) is 4.85. The van der Waals surface area contributed by atoms with Crippen LogP contribution in [0.2, 0.25) is 0 Å². The molecule has 0 radical (unpaired) electrons. The number of carbonyl (C=O) groups is 2. The van der Waals surface area contributed by atoms with E-state index in [0.29, 0.717) is 12.8 Å². The van der Waals surface area contributed by atoms with E-state index in [1.807, 2.05) is 6.92 Å². The topological polar surface area (TPSA) is 72.2 Å². The van der Waals surface area contributed by atoms with Crippen LogP contribution < -0.4 is 11.1 Å². The summed E-state index contributed by atoms with van der Waals surface area (Å²) in [4.78, 5) is 21.0. The van der Waals surface area contributed by atoms with Crippen LogP contribution in [-0.4, -0.2) is 24.8 Å². The fourth-order valence-electron chi connectivity index (χ4n) is 0.730. The van der Waals surface area contributed by atoms with Crippen LogP contribution >= 0.6 is 0 Å². The molecule has 70 valence electrons. The Hall–Kier alpha value is -0.900. The highest BCUT2D eigenvalue weighted by molar-refractivity contribution is 5.83. The molecule has 0 rings (SSSR count).